The molecule has 3 rings (SSSR count). The van der Waals surface area contributed by atoms with E-state index in [-0.39, 0.29) is 24.0 Å². The molecule has 0 aliphatic carbocycles. The molecule has 25 heavy (non-hydrogen) atoms. The minimum absolute atomic E-state index is 0. The maximum atomic E-state index is 6.29. The molecule has 0 aromatic carbocycles. The molecule has 0 bridgehead atoms. The molecule has 0 amide bonds. The molecule has 2 fully saturated rings. The molecule has 1 unspecified atom stereocenters. The molecule has 2 aliphatic heterocycles. The van der Waals surface area contributed by atoms with Crippen LogP contribution in [0.2, 0.25) is 0 Å². The molecule has 2 N–H and O–H groups in total. The minimum atomic E-state index is 0. The summed E-state index contributed by atoms with van der Waals surface area (Å²) in [5.74, 6) is 1.32. The van der Waals surface area contributed by atoms with E-state index in [4.69, 9.17) is 10.7 Å². The molecule has 0 saturated carbocycles. The zero-order valence-electron chi connectivity index (χ0n) is 15.3. The van der Waals surface area contributed by atoms with Crippen molar-refractivity contribution in [2.24, 2.45) is 16.6 Å². The summed E-state index contributed by atoms with van der Waals surface area (Å²) in [6.07, 6.45) is 4.51. The first-order valence-corrected chi connectivity index (χ1v) is 9.96. The first kappa shape index (κ1) is 20.7. The Balaban J connectivity index is 0.00000225. The zero-order chi connectivity index (χ0) is 16.9. The van der Waals surface area contributed by atoms with Gasteiger partial charge in [0.05, 0.1) is 6.54 Å². The fourth-order valence-corrected chi connectivity index (χ4v) is 4.30. The van der Waals surface area contributed by atoms with Crippen LogP contribution in [-0.4, -0.2) is 72.6 Å². The number of thiazole rings is 1. The topological polar surface area (TPSA) is 61.0 Å². The van der Waals surface area contributed by atoms with Gasteiger partial charge in [0.2, 0.25) is 0 Å². The lowest BCUT2D eigenvalue weighted by Crippen LogP contribution is -2.51. The van der Waals surface area contributed by atoms with Gasteiger partial charge >= 0.3 is 0 Å². The number of likely N-dealkylation sites (tertiary alicyclic amines) is 1. The molecule has 0 radical (unpaired) electrons. The minimum Gasteiger partial charge on any atom is -0.370 e. The van der Waals surface area contributed by atoms with E-state index in [1.54, 1.807) is 11.3 Å². The van der Waals surface area contributed by atoms with Crippen molar-refractivity contribution in [1.29, 1.82) is 0 Å². The summed E-state index contributed by atoms with van der Waals surface area (Å²) in [7, 11) is 0. The number of guanidine groups is 1. The van der Waals surface area contributed by atoms with Gasteiger partial charge < -0.3 is 15.5 Å². The number of rotatable bonds is 5. The smallest absolute Gasteiger partial charge is 0.191 e. The van der Waals surface area contributed by atoms with Gasteiger partial charge in [-0.15, -0.1) is 35.3 Å². The standard InChI is InChI=1S/C17H30N6S.HI/c1-14(2)15(21-6-3-4-7-21)13-20-16(18)22-8-10-23(11-9-22)17-19-5-12-24-17;/h5,12,14-15H,3-4,6-11,13H2,1-2H3,(H2,18,20);1H. The van der Waals surface area contributed by atoms with Crippen LogP contribution in [0.5, 0.6) is 0 Å². The number of anilines is 1. The van der Waals surface area contributed by atoms with Crippen LogP contribution in [0.3, 0.4) is 0 Å². The van der Waals surface area contributed by atoms with Crippen molar-refractivity contribution in [2.75, 3.05) is 50.7 Å². The highest BCUT2D eigenvalue weighted by molar-refractivity contribution is 14.0. The third-order valence-electron chi connectivity index (χ3n) is 5.11. The van der Waals surface area contributed by atoms with Gasteiger partial charge in [0.25, 0.3) is 0 Å². The zero-order valence-corrected chi connectivity index (χ0v) is 18.5. The molecule has 3 heterocycles. The van der Waals surface area contributed by atoms with Crippen molar-refractivity contribution >= 4 is 46.4 Å². The fourth-order valence-electron chi connectivity index (χ4n) is 3.61. The second kappa shape index (κ2) is 9.91. The second-order valence-electron chi connectivity index (χ2n) is 7.04. The lowest BCUT2D eigenvalue weighted by Gasteiger charge is -2.35. The highest BCUT2D eigenvalue weighted by atomic mass is 127. The Morgan fingerprint density at radius 3 is 2.44 bits per heavy atom. The quantitative estimate of drug-likeness (QED) is 0.400. The Kier molecular flexibility index (Phi) is 8.21. The normalized spacial score (nSPS) is 20.8. The highest BCUT2D eigenvalue weighted by Crippen LogP contribution is 2.20. The number of aromatic nitrogens is 1. The summed E-state index contributed by atoms with van der Waals surface area (Å²) < 4.78 is 0. The van der Waals surface area contributed by atoms with E-state index in [1.165, 1.54) is 25.9 Å². The average Bonchev–Trinajstić information content (AvgIpc) is 3.28. The SMILES string of the molecule is CC(C)C(CN=C(N)N1CCN(c2nccs2)CC1)N1CCCC1.I. The number of hydrogen-bond donors (Lipinski definition) is 1. The van der Waals surface area contributed by atoms with Gasteiger partial charge in [-0.1, -0.05) is 13.8 Å². The van der Waals surface area contributed by atoms with Crippen LogP contribution in [-0.2, 0) is 0 Å². The van der Waals surface area contributed by atoms with Crippen LogP contribution in [0.15, 0.2) is 16.6 Å². The van der Waals surface area contributed by atoms with E-state index in [9.17, 15) is 0 Å². The third kappa shape index (κ3) is 5.43. The molecule has 1 aromatic rings. The Morgan fingerprint density at radius 1 is 1.20 bits per heavy atom. The van der Waals surface area contributed by atoms with Gasteiger partial charge in [-0.2, -0.15) is 0 Å². The maximum Gasteiger partial charge on any atom is 0.191 e. The van der Waals surface area contributed by atoms with Crippen molar-refractivity contribution < 1.29 is 0 Å². The third-order valence-corrected chi connectivity index (χ3v) is 5.95. The van der Waals surface area contributed by atoms with E-state index in [2.05, 4.69) is 33.5 Å². The van der Waals surface area contributed by atoms with Gasteiger partial charge in [-0.25, -0.2) is 4.98 Å². The van der Waals surface area contributed by atoms with Gasteiger partial charge in [-0.05, 0) is 31.8 Å². The second-order valence-corrected chi connectivity index (χ2v) is 7.92. The monoisotopic (exact) mass is 478 g/mol. The summed E-state index contributed by atoms with van der Waals surface area (Å²) in [6, 6.07) is 0.516. The van der Waals surface area contributed by atoms with Gasteiger partial charge in [0.15, 0.2) is 11.1 Å². The summed E-state index contributed by atoms with van der Waals surface area (Å²) >= 11 is 1.70. The highest BCUT2D eigenvalue weighted by Gasteiger charge is 2.25. The summed E-state index contributed by atoms with van der Waals surface area (Å²) in [5, 5.41) is 3.14. The molecular formula is C17H31IN6S. The van der Waals surface area contributed by atoms with Crippen LogP contribution in [0.1, 0.15) is 26.7 Å². The molecule has 1 aromatic heterocycles. The van der Waals surface area contributed by atoms with E-state index < -0.39 is 0 Å². The van der Waals surface area contributed by atoms with Crippen LogP contribution >= 0.6 is 35.3 Å². The average molecular weight is 478 g/mol. The Labute approximate surface area is 172 Å². The molecule has 2 aliphatic rings. The van der Waals surface area contributed by atoms with Crippen LogP contribution < -0.4 is 10.6 Å². The molecule has 1 atom stereocenters. The van der Waals surface area contributed by atoms with Crippen molar-refractivity contribution in [3.05, 3.63) is 11.6 Å². The largest absolute Gasteiger partial charge is 0.370 e. The first-order chi connectivity index (χ1) is 11.6. The van der Waals surface area contributed by atoms with Crippen LogP contribution in [0.4, 0.5) is 5.13 Å². The number of aliphatic imine (C=N–C) groups is 1. The summed E-state index contributed by atoms with van der Waals surface area (Å²) in [6.45, 7) is 11.6. The van der Waals surface area contributed by atoms with E-state index in [0.717, 1.165) is 37.9 Å². The van der Waals surface area contributed by atoms with Gasteiger partial charge in [-0.3, -0.25) is 9.89 Å². The number of halogens is 1. The van der Waals surface area contributed by atoms with Gasteiger partial charge in [0, 0.05) is 43.8 Å². The van der Waals surface area contributed by atoms with Crippen molar-refractivity contribution in [3.63, 3.8) is 0 Å². The Bertz CT molecular complexity index is 521. The molecular weight excluding hydrogens is 447 g/mol. The van der Waals surface area contributed by atoms with E-state index in [0.29, 0.717) is 17.9 Å². The van der Waals surface area contributed by atoms with E-state index >= 15 is 0 Å². The van der Waals surface area contributed by atoms with Crippen LogP contribution in [0, 0.1) is 5.92 Å². The Morgan fingerprint density at radius 2 is 1.88 bits per heavy atom. The van der Waals surface area contributed by atoms with Crippen molar-refractivity contribution in [2.45, 2.75) is 32.7 Å². The summed E-state index contributed by atoms with van der Waals surface area (Å²) in [4.78, 5) is 16.3. The number of nitrogens with zero attached hydrogens (tertiary/aromatic N) is 5. The molecule has 6 nitrogen and oxygen atoms in total. The fraction of sp³-hybridized carbons (Fsp3) is 0.765. The van der Waals surface area contributed by atoms with Crippen LogP contribution in [0.25, 0.3) is 0 Å². The predicted octanol–water partition coefficient (Wildman–Crippen LogP) is 2.32. The predicted molar refractivity (Wildman–Crippen MR) is 117 cm³/mol. The summed E-state index contributed by atoms with van der Waals surface area (Å²) in [5.41, 5.74) is 6.29. The lowest BCUT2D eigenvalue weighted by atomic mass is 10.0. The number of piperazine rings is 1. The lowest BCUT2D eigenvalue weighted by molar-refractivity contribution is 0.197. The van der Waals surface area contributed by atoms with Crippen molar-refractivity contribution in [1.82, 2.24) is 14.8 Å². The Hall–Kier alpha value is -0.610. The van der Waals surface area contributed by atoms with E-state index in [1.807, 2.05) is 11.6 Å². The maximum absolute atomic E-state index is 6.29. The van der Waals surface area contributed by atoms with Gasteiger partial charge in [0.1, 0.15) is 0 Å². The molecule has 142 valence electrons. The molecule has 0 spiro atoms. The first-order valence-electron chi connectivity index (χ1n) is 9.08. The number of hydrogen-bond acceptors (Lipinski definition) is 5. The molecule has 8 heteroatoms. The number of nitrogens with two attached hydrogens (primary N) is 1. The van der Waals surface area contributed by atoms with Crippen molar-refractivity contribution in [3.8, 4) is 0 Å². The molecule has 2 saturated heterocycles.